The van der Waals surface area contributed by atoms with Crippen LogP contribution in [0.1, 0.15) is 44.9 Å². The molecule has 3 unspecified atom stereocenters. The highest BCUT2D eigenvalue weighted by atomic mass is 14.5. The van der Waals surface area contributed by atoms with E-state index in [-0.39, 0.29) is 0 Å². The van der Waals surface area contributed by atoms with Crippen molar-refractivity contribution in [3.63, 3.8) is 0 Å². The van der Waals surface area contributed by atoms with Gasteiger partial charge in [-0.05, 0) is 73.5 Å². The fourth-order valence-electron chi connectivity index (χ4n) is 5.56. The van der Waals surface area contributed by atoms with E-state index in [0.717, 1.165) is 24.2 Å². The Labute approximate surface area is 121 Å². The summed E-state index contributed by atoms with van der Waals surface area (Å²) < 4.78 is 0. The van der Waals surface area contributed by atoms with E-state index in [4.69, 9.17) is 0 Å². The molecule has 0 spiro atoms. The van der Waals surface area contributed by atoms with Crippen LogP contribution in [-0.2, 0) is 0 Å². The maximum absolute atomic E-state index is 2.46. The number of allylic oxidation sites excluding steroid dienone is 10. The second kappa shape index (κ2) is 4.10. The molecule has 2 saturated carbocycles. The Bertz CT molecular complexity index is 620. The second-order valence-corrected chi connectivity index (χ2v) is 7.16. The molecule has 5 aliphatic carbocycles. The van der Waals surface area contributed by atoms with Crippen molar-refractivity contribution in [2.24, 2.45) is 17.8 Å². The Morgan fingerprint density at radius 3 is 2.90 bits per heavy atom. The molecule has 3 atom stereocenters. The van der Waals surface area contributed by atoms with Gasteiger partial charge < -0.3 is 0 Å². The van der Waals surface area contributed by atoms with E-state index in [1.807, 2.05) is 11.1 Å². The number of rotatable bonds is 2. The lowest BCUT2D eigenvalue weighted by atomic mass is 9.82. The van der Waals surface area contributed by atoms with Crippen molar-refractivity contribution in [3.05, 3.63) is 58.2 Å². The number of fused-ring (bicyclic) bond motifs is 4. The summed E-state index contributed by atoms with van der Waals surface area (Å²) in [6.45, 7) is 0. The molecule has 0 aliphatic heterocycles. The van der Waals surface area contributed by atoms with Gasteiger partial charge in [0.05, 0.1) is 0 Å². The Kier molecular flexibility index (Phi) is 2.33. The molecular weight excluding hydrogens is 240 g/mol. The van der Waals surface area contributed by atoms with Crippen LogP contribution in [0.5, 0.6) is 0 Å². The zero-order valence-corrected chi connectivity index (χ0v) is 12.1. The summed E-state index contributed by atoms with van der Waals surface area (Å²) in [7, 11) is 0. The van der Waals surface area contributed by atoms with Crippen molar-refractivity contribution in [3.8, 4) is 0 Å². The van der Waals surface area contributed by atoms with Gasteiger partial charge in [-0.15, -0.1) is 0 Å². The summed E-state index contributed by atoms with van der Waals surface area (Å²) in [6, 6.07) is 0. The molecule has 0 saturated heterocycles. The van der Waals surface area contributed by atoms with E-state index in [2.05, 4.69) is 30.4 Å². The first kappa shape index (κ1) is 11.4. The SMILES string of the molecule is C1=CCC(C2=C(C3CCC4C3=C3CCC4C3)C=CC2)=C1. The minimum absolute atomic E-state index is 0.788. The van der Waals surface area contributed by atoms with Gasteiger partial charge in [-0.2, -0.15) is 0 Å². The maximum Gasteiger partial charge on any atom is 0.00567 e. The number of hydrogen-bond donors (Lipinski definition) is 0. The molecule has 0 amide bonds. The van der Waals surface area contributed by atoms with Crippen molar-refractivity contribution >= 4 is 0 Å². The lowest BCUT2D eigenvalue weighted by molar-refractivity contribution is 0.411. The summed E-state index contributed by atoms with van der Waals surface area (Å²) in [5.74, 6) is 2.80. The van der Waals surface area contributed by atoms with Gasteiger partial charge in [-0.3, -0.25) is 0 Å². The van der Waals surface area contributed by atoms with Crippen LogP contribution in [0.4, 0.5) is 0 Å². The van der Waals surface area contributed by atoms with Crippen LogP contribution in [0.2, 0.25) is 0 Å². The summed E-state index contributed by atoms with van der Waals surface area (Å²) in [6.07, 6.45) is 21.3. The molecule has 0 aromatic rings. The lowest BCUT2D eigenvalue weighted by Crippen LogP contribution is -2.11. The first-order valence-electron chi connectivity index (χ1n) is 8.39. The van der Waals surface area contributed by atoms with Gasteiger partial charge in [-0.1, -0.05) is 41.5 Å². The highest BCUT2D eigenvalue weighted by molar-refractivity contribution is 5.54. The third-order valence-electron chi connectivity index (χ3n) is 6.35. The smallest absolute Gasteiger partial charge is 0.00567 e. The highest BCUT2D eigenvalue weighted by Gasteiger charge is 2.46. The fourth-order valence-corrected chi connectivity index (χ4v) is 5.56. The maximum atomic E-state index is 2.46. The standard InChI is InChI=1S/C20H22/c1-2-5-13(4-1)16-6-3-7-18(16)19-11-10-17-14-8-9-15(12-14)20(17)19/h1-4,7,14,17,19H,5-6,8-12H2. The van der Waals surface area contributed by atoms with Crippen LogP contribution in [0.15, 0.2) is 58.2 Å². The summed E-state index contributed by atoms with van der Waals surface area (Å²) in [5, 5.41) is 0. The molecule has 2 bridgehead atoms. The second-order valence-electron chi connectivity index (χ2n) is 7.16. The number of hydrogen-bond acceptors (Lipinski definition) is 0. The van der Waals surface area contributed by atoms with E-state index >= 15 is 0 Å². The average Bonchev–Trinajstić information content (AvgIpc) is 3.23. The van der Waals surface area contributed by atoms with Crippen LogP contribution in [0.3, 0.4) is 0 Å². The van der Waals surface area contributed by atoms with Crippen molar-refractivity contribution in [1.82, 2.24) is 0 Å². The van der Waals surface area contributed by atoms with Crippen LogP contribution in [-0.4, -0.2) is 0 Å². The van der Waals surface area contributed by atoms with E-state index in [0.29, 0.717) is 0 Å². The van der Waals surface area contributed by atoms with Crippen molar-refractivity contribution in [1.29, 1.82) is 0 Å². The van der Waals surface area contributed by atoms with Crippen LogP contribution < -0.4 is 0 Å². The van der Waals surface area contributed by atoms with Gasteiger partial charge in [0, 0.05) is 5.92 Å². The predicted molar refractivity (Wildman–Crippen MR) is 83.2 cm³/mol. The Balaban J connectivity index is 1.56. The monoisotopic (exact) mass is 262 g/mol. The van der Waals surface area contributed by atoms with Crippen molar-refractivity contribution in [2.75, 3.05) is 0 Å². The average molecular weight is 262 g/mol. The molecule has 0 nitrogen and oxygen atoms in total. The van der Waals surface area contributed by atoms with Crippen molar-refractivity contribution < 1.29 is 0 Å². The lowest BCUT2D eigenvalue weighted by Gasteiger charge is -2.22. The molecule has 0 aromatic heterocycles. The van der Waals surface area contributed by atoms with Crippen LogP contribution in [0.25, 0.3) is 0 Å². The topological polar surface area (TPSA) is 0 Å². The van der Waals surface area contributed by atoms with Gasteiger partial charge in [0.2, 0.25) is 0 Å². The van der Waals surface area contributed by atoms with Crippen LogP contribution in [0, 0.1) is 17.8 Å². The van der Waals surface area contributed by atoms with Gasteiger partial charge in [0.15, 0.2) is 0 Å². The first-order chi connectivity index (χ1) is 9.92. The summed E-state index contributed by atoms with van der Waals surface area (Å²) in [5.41, 5.74) is 8.72. The third-order valence-corrected chi connectivity index (χ3v) is 6.35. The molecule has 0 radical (unpaired) electrons. The minimum atomic E-state index is 0.788. The van der Waals surface area contributed by atoms with Crippen molar-refractivity contribution in [2.45, 2.75) is 44.9 Å². The molecule has 5 rings (SSSR count). The van der Waals surface area contributed by atoms with Crippen LogP contribution >= 0.6 is 0 Å². The Hall–Kier alpha value is -1.30. The minimum Gasteiger partial charge on any atom is -0.0801 e. The molecule has 102 valence electrons. The zero-order valence-electron chi connectivity index (χ0n) is 12.1. The molecule has 0 heteroatoms. The van der Waals surface area contributed by atoms with Gasteiger partial charge in [0.1, 0.15) is 0 Å². The largest absolute Gasteiger partial charge is 0.0801 e. The Morgan fingerprint density at radius 1 is 1.00 bits per heavy atom. The predicted octanol–water partition coefficient (Wildman–Crippen LogP) is 5.27. The molecule has 0 heterocycles. The Morgan fingerprint density at radius 2 is 2.00 bits per heavy atom. The molecule has 20 heavy (non-hydrogen) atoms. The van der Waals surface area contributed by atoms with E-state index in [1.54, 1.807) is 16.7 Å². The quantitative estimate of drug-likeness (QED) is 0.595. The molecule has 5 aliphatic rings. The molecule has 0 aromatic carbocycles. The first-order valence-corrected chi connectivity index (χ1v) is 8.39. The van der Waals surface area contributed by atoms with Gasteiger partial charge in [0.25, 0.3) is 0 Å². The third kappa shape index (κ3) is 1.43. The van der Waals surface area contributed by atoms with Gasteiger partial charge >= 0.3 is 0 Å². The highest BCUT2D eigenvalue weighted by Crippen LogP contribution is 2.59. The fraction of sp³-hybridized carbons (Fsp3) is 0.500. The summed E-state index contributed by atoms with van der Waals surface area (Å²) in [4.78, 5) is 0. The molecule has 0 N–H and O–H groups in total. The summed E-state index contributed by atoms with van der Waals surface area (Å²) >= 11 is 0. The van der Waals surface area contributed by atoms with E-state index in [9.17, 15) is 0 Å². The van der Waals surface area contributed by atoms with Gasteiger partial charge in [-0.25, -0.2) is 0 Å². The molecule has 2 fully saturated rings. The zero-order chi connectivity index (χ0) is 13.1. The molecular formula is C20H22. The normalized spacial score (nSPS) is 37.6. The van der Waals surface area contributed by atoms with E-state index in [1.165, 1.54) is 38.5 Å². The van der Waals surface area contributed by atoms with E-state index < -0.39 is 0 Å².